The Hall–Kier alpha value is -0.545. The largest absolute Gasteiger partial charge is 0.462 e. The molecule has 2 fully saturated rings. The third-order valence-electron chi connectivity index (χ3n) is 4.66. The maximum atomic E-state index is 12.2. The summed E-state index contributed by atoms with van der Waals surface area (Å²) in [6.07, 6.45) is 1.82. The smallest absolute Gasteiger partial charge is 0.460 e. The minimum absolute atomic E-state index is 0.0936. The zero-order valence-corrected chi connectivity index (χ0v) is 13.8. The molecule has 0 radical (unpaired) electrons. The summed E-state index contributed by atoms with van der Waals surface area (Å²) in [7, 11) is -0.300. The van der Waals surface area contributed by atoms with E-state index in [9.17, 15) is 4.79 Å². The van der Waals surface area contributed by atoms with Crippen molar-refractivity contribution in [2.75, 3.05) is 0 Å². The number of carbonyl (C=O) groups excluding carboxylic acids is 1. The Bertz CT molecular complexity index is 381. The maximum absolute atomic E-state index is 12.2. The SMILES string of the molecule is CC(C)(C)OC(=O)[C@@H]1CC[C@H]1B1OC(C)(C)C(C)(C)O1. The molecule has 0 aromatic heterocycles. The Morgan fingerprint density at radius 1 is 1.10 bits per heavy atom. The third-order valence-corrected chi connectivity index (χ3v) is 4.66. The second kappa shape index (κ2) is 4.74. The van der Waals surface area contributed by atoms with E-state index < -0.39 is 5.60 Å². The van der Waals surface area contributed by atoms with Crippen LogP contribution >= 0.6 is 0 Å². The normalized spacial score (nSPS) is 31.9. The number of carbonyl (C=O) groups is 1. The van der Waals surface area contributed by atoms with Gasteiger partial charge in [0.25, 0.3) is 0 Å². The first kappa shape index (κ1) is 15.8. The van der Waals surface area contributed by atoms with E-state index in [1.807, 2.05) is 48.5 Å². The molecule has 20 heavy (non-hydrogen) atoms. The Morgan fingerprint density at radius 3 is 1.95 bits per heavy atom. The molecule has 1 saturated carbocycles. The van der Waals surface area contributed by atoms with E-state index >= 15 is 0 Å². The zero-order chi connectivity index (χ0) is 15.3. The van der Waals surface area contributed by atoms with Gasteiger partial charge in [0.15, 0.2) is 0 Å². The van der Waals surface area contributed by atoms with Gasteiger partial charge < -0.3 is 14.0 Å². The second-order valence-electron chi connectivity index (χ2n) is 8.01. The quantitative estimate of drug-likeness (QED) is 0.576. The summed E-state index contributed by atoms with van der Waals surface area (Å²) < 4.78 is 17.6. The fourth-order valence-electron chi connectivity index (χ4n) is 2.59. The van der Waals surface area contributed by atoms with Crippen molar-refractivity contribution in [3.63, 3.8) is 0 Å². The average Bonchev–Trinajstić information content (AvgIpc) is 2.28. The predicted molar refractivity (Wildman–Crippen MR) is 78.4 cm³/mol. The van der Waals surface area contributed by atoms with Gasteiger partial charge in [-0.15, -0.1) is 0 Å². The molecule has 2 aliphatic rings. The fraction of sp³-hybridized carbons (Fsp3) is 0.933. The van der Waals surface area contributed by atoms with Crippen LogP contribution in [0.25, 0.3) is 0 Å². The van der Waals surface area contributed by atoms with Crippen LogP contribution in [0, 0.1) is 5.92 Å². The first-order valence-corrected chi connectivity index (χ1v) is 7.51. The predicted octanol–water partition coefficient (Wildman–Crippen LogP) is 3.20. The Labute approximate surface area is 122 Å². The van der Waals surface area contributed by atoms with E-state index in [1.54, 1.807) is 0 Å². The molecule has 2 rings (SSSR count). The van der Waals surface area contributed by atoms with Crippen molar-refractivity contribution in [3.8, 4) is 0 Å². The molecule has 0 aromatic carbocycles. The van der Waals surface area contributed by atoms with Crippen molar-refractivity contribution in [3.05, 3.63) is 0 Å². The maximum Gasteiger partial charge on any atom is 0.462 e. The van der Waals surface area contributed by atoms with Crippen molar-refractivity contribution in [2.24, 2.45) is 5.92 Å². The molecule has 1 saturated heterocycles. The monoisotopic (exact) mass is 282 g/mol. The minimum Gasteiger partial charge on any atom is -0.460 e. The van der Waals surface area contributed by atoms with Crippen LogP contribution in [0.1, 0.15) is 61.3 Å². The third kappa shape index (κ3) is 2.89. The Kier molecular flexibility index (Phi) is 3.75. The lowest BCUT2D eigenvalue weighted by atomic mass is 9.54. The second-order valence-corrected chi connectivity index (χ2v) is 8.01. The highest BCUT2D eigenvalue weighted by Crippen LogP contribution is 2.49. The summed E-state index contributed by atoms with van der Waals surface area (Å²) in [5, 5.41) is 0. The summed E-state index contributed by atoms with van der Waals surface area (Å²) in [4.78, 5) is 12.2. The molecule has 0 unspecified atom stereocenters. The molecule has 0 bridgehead atoms. The number of esters is 1. The molecular formula is C15H27BO4. The highest BCUT2D eigenvalue weighted by Gasteiger charge is 2.58. The number of hydrogen-bond donors (Lipinski definition) is 0. The van der Waals surface area contributed by atoms with Gasteiger partial charge in [-0.1, -0.05) is 6.42 Å². The van der Waals surface area contributed by atoms with Crippen LogP contribution in [0.2, 0.25) is 5.82 Å². The van der Waals surface area contributed by atoms with Crippen LogP contribution in [-0.4, -0.2) is 29.9 Å². The van der Waals surface area contributed by atoms with E-state index in [2.05, 4.69) is 0 Å². The van der Waals surface area contributed by atoms with Crippen LogP contribution in [-0.2, 0) is 18.8 Å². The number of rotatable bonds is 2. The van der Waals surface area contributed by atoms with Crippen LogP contribution in [0.5, 0.6) is 0 Å². The van der Waals surface area contributed by atoms with Gasteiger partial charge in [-0.2, -0.15) is 0 Å². The molecule has 114 valence electrons. The van der Waals surface area contributed by atoms with E-state index in [1.165, 1.54) is 0 Å². The van der Waals surface area contributed by atoms with Crippen molar-refractivity contribution >= 4 is 13.1 Å². The highest BCUT2D eigenvalue weighted by molar-refractivity contribution is 6.48. The van der Waals surface area contributed by atoms with E-state index in [0.717, 1.165) is 12.8 Å². The Balaban J connectivity index is 2.00. The van der Waals surface area contributed by atoms with Gasteiger partial charge in [0.05, 0.1) is 17.1 Å². The van der Waals surface area contributed by atoms with Crippen molar-refractivity contribution in [1.82, 2.24) is 0 Å². The van der Waals surface area contributed by atoms with Gasteiger partial charge in [0.2, 0.25) is 0 Å². The molecule has 2 atom stereocenters. The van der Waals surface area contributed by atoms with Crippen LogP contribution < -0.4 is 0 Å². The number of ether oxygens (including phenoxy) is 1. The molecule has 0 N–H and O–H groups in total. The van der Waals surface area contributed by atoms with Gasteiger partial charge in [0, 0.05) is 5.82 Å². The van der Waals surface area contributed by atoms with E-state index in [-0.39, 0.29) is 36.0 Å². The topological polar surface area (TPSA) is 44.8 Å². The lowest BCUT2D eigenvalue weighted by Crippen LogP contribution is -2.43. The first-order valence-electron chi connectivity index (χ1n) is 7.51. The molecule has 5 heteroatoms. The van der Waals surface area contributed by atoms with E-state index in [4.69, 9.17) is 14.0 Å². The summed E-state index contributed by atoms with van der Waals surface area (Å²) in [5.41, 5.74) is -1.12. The van der Waals surface area contributed by atoms with Gasteiger partial charge in [-0.3, -0.25) is 4.79 Å². The van der Waals surface area contributed by atoms with Gasteiger partial charge >= 0.3 is 13.1 Å². The summed E-state index contributed by atoms with van der Waals surface area (Å²) in [5.74, 6) is -0.0988. The van der Waals surface area contributed by atoms with Gasteiger partial charge in [-0.05, 0) is 54.9 Å². The number of hydrogen-bond acceptors (Lipinski definition) is 4. The molecular weight excluding hydrogens is 255 g/mol. The summed E-state index contributed by atoms with van der Waals surface area (Å²) in [6.45, 7) is 13.8. The van der Waals surface area contributed by atoms with Gasteiger partial charge in [0.1, 0.15) is 5.60 Å². The molecule has 4 nitrogen and oxygen atoms in total. The average molecular weight is 282 g/mol. The van der Waals surface area contributed by atoms with Crippen molar-refractivity contribution < 1.29 is 18.8 Å². The molecule has 1 heterocycles. The molecule has 0 spiro atoms. The van der Waals surface area contributed by atoms with Gasteiger partial charge in [-0.25, -0.2) is 0 Å². The standard InChI is InChI=1S/C15H27BO4/c1-13(2,3)18-12(17)10-8-9-11(10)16-19-14(4,5)15(6,7)20-16/h10-11H,8-9H2,1-7H3/t10-,11-/m1/s1. The Morgan fingerprint density at radius 2 is 1.60 bits per heavy atom. The molecule has 1 aliphatic heterocycles. The zero-order valence-electron chi connectivity index (χ0n) is 13.8. The molecule has 0 amide bonds. The summed E-state index contributed by atoms with van der Waals surface area (Å²) >= 11 is 0. The van der Waals surface area contributed by atoms with Crippen molar-refractivity contribution in [1.29, 1.82) is 0 Å². The lowest BCUT2D eigenvalue weighted by Gasteiger charge is -2.37. The van der Waals surface area contributed by atoms with E-state index in [0.29, 0.717) is 0 Å². The summed E-state index contributed by atoms with van der Waals surface area (Å²) in [6, 6.07) is 0. The molecule has 0 aromatic rings. The van der Waals surface area contributed by atoms with Crippen molar-refractivity contribution in [2.45, 2.75) is 83.9 Å². The first-order chi connectivity index (χ1) is 8.93. The van der Waals surface area contributed by atoms with Crippen LogP contribution in [0.3, 0.4) is 0 Å². The van der Waals surface area contributed by atoms with Crippen LogP contribution in [0.15, 0.2) is 0 Å². The fourth-order valence-corrected chi connectivity index (χ4v) is 2.59. The highest BCUT2D eigenvalue weighted by atomic mass is 16.7. The molecule has 1 aliphatic carbocycles. The lowest BCUT2D eigenvalue weighted by molar-refractivity contribution is -0.163. The minimum atomic E-state index is -0.437. The van der Waals surface area contributed by atoms with Crippen LogP contribution in [0.4, 0.5) is 0 Å².